The van der Waals surface area contributed by atoms with Gasteiger partial charge in [0.1, 0.15) is 16.0 Å². The molecule has 4 rings (SSSR count). The summed E-state index contributed by atoms with van der Waals surface area (Å²) in [5, 5.41) is 2.25. The molecule has 0 amide bonds. The molecule has 3 aromatic heterocycles. The molecule has 0 radical (unpaired) electrons. The summed E-state index contributed by atoms with van der Waals surface area (Å²) in [5.74, 6) is 0. The van der Waals surface area contributed by atoms with Gasteiger partial charge in [-0.2, -0.15) is 4.37 Å². The second-order valence-electron chi connectivity index (χ2n) is 4.23. The minimum absolute atomic E-state index is 0.807. The van der Waals surface area contributed by atoms with Crippen LogP contribution in [0.15, 0.2) is 24.4 Å². The zero-order valence-corrected chi connectivity index (χ0v) is 9.94. The molecule has 0 unspecified atom stereocenters. The first kappa shape index (κ1) is 9.30. The normalized spacial score (nSPS) is 15.4. The van der Waals surface area contributed by atoms with Crippen molar-refractivity contribution in [3.63, 3.8) is 0 Å². The molecule has 0 atom stereocenters. The van der Waals surface area contributed by atoms with Gasteiger partial charge in [-0.15, -0.1) is 0 Å². The maximum Gasteiger partial charge on any atom is 0.160 e. The van der Waals surface area contributed by atoms with Gasteiger partial charge in [-0.05, 0) is 36.2 Å². The molecular weight excluding hydrogens is 232 g/mol. The van der Waals surface area contributed by atoms with Gasteiger partial charge in [0.25, 0.3) is 0 Å². The SMILES string of the molecule is c1cnc2nc3c(N4CCC4)snc3cc2c1. The lowest BCUT2D eigenvalue weighted by atomic mass is 10.2. The van der Waals surface area contributed by atoms with Gasteiger partial charge in [0.15, 0.2) is 5.65 Å². The molecule has 1 aliphatic rings. The van der Waals surface area contributed by atoms with E-state index in [0.29, 0.717) is 0 Å². The molecule has 3 aromatic rings. The van der Waals surface area contributed by atoms with E-state index in [9.17, 15) is 0 Å². The molecule has 17 heavy (non-hydrogen) atoms. The summed E-state index contributed by atoms with van der Waals surface area (Å²) in [7, 11) is 0. The van der Waals surface area contributed by atoms with Crippen LogP contribution in [0.2, 0.25) is 0 Å². The number of pyridine rings is 2. The summed E-state index contributed by atoms with van der Waals surface area (Å²) in [5.41, 5.74) is 2.79. The predicted octanol–water partition coefficient (Wildman–Crippen LogP) is 2.45. The molecule has 4 heterocycles. The van der Waals surface area contributed by atoms with E-state index in [1.807, 2.05) is 12.1 Å². The largest absolute Gasteiger partial charge is 0.360 e. The van der Waals surface area contributed by atoms with Crippen LogP contribution in [0.3, 0.4) is 0 Å². The van der Waals surface area contributed by atoms with Crippen LogP contribution in [-0.2, 0) is 0 Å². The maximum atomic E-state index is 4.64. The van der Waals surface area contributed by atoms with Crippen LogP contribution >= 0.6 is 11.5 Å². The number of anilines is 1. The third-order valence-electron chi connectivity index (χ3n) is 3.15. The monoisotopic (exact) mass is 242 g/mol. The Morgan fingerprint density at radius 1 is 1.29 bits per heavy atom. The van der Waals surface area contributed by atoms with Gasteiger partial charge in [0, 0.05) is 24.7 Å². The van der Waals surface area contributed by atoms with Crippen molar-refractivity contribution in [1.82, 2.24) is 14.3 Å². The molecule has 0 saturated carbocycles. The van der Waals surface area contributed by atoms with E-state index < -0.39 is 0 Å². The maximum absolute atomic E-state index is 4.64. The van der Waals surface area contributed by atoms with Crippen molar-refractivity contribution in [1.29, 1.82) is 0 Å². The van der Waals surface area contributed by atoms with E-state index in [4.69, 9.17) is 0 Å². The van der Waals surface area contributed by atoms with Crippen molar-refractivity contribution in [3.05, 3.63) is 24.4 Å². The summed E-state index contributed by atoms with van der Waals surface area (Å²) in [4.78, 5) is 11.3. The summed E-state index contributed by atoms with van der Waals surface area (Å²) in [6.45, 7) is 2.25. The molecule has 4 nitrogen and oxygen atoms in total. The van der Waals surface area contributed by atoms with Crippen LogP contribution in [0.1, 0.15) is 6.42 Å². The Balaban J connectivity index is 2.01. The Morgan fingerprint density at radius 2 is 2.24 bits per heavy atom. The van der Waals surface area contributed by atoms with E-state index >= 15 is 0 Å². The average molecular weight is 242 g/mol. The fourth-order valence-corrected chi connectivity index (χ4v) is 2.94. The second kappa shape index (κ2) is 3.37. The van der Waals surface area contributed by atoms with Crippen LogP contribution in [0.5, 0.6) is 0 Å². The van der Waals surface area contributed by atoms with E-state index in [0.717, 1.165) is 35.2 Å². The first-order valence-corrected chi connectivity index (χ1v) is 6.45. The van der Waals surface area contributed by atoms with Crippen molar-refractivity contribution in [2.24, 2.45) is 0 Å². The molecule has 0 bridgehead atoms. The summed E-state index contributed by atoms with van der Waals surface area (Å²) in [6, 6.07) is 6.03. The van der Waals surface area contributed by atoms with Crippen LogP contribution in [0, 0.1) is 0 Å². The second-order valence-corrected chi connectivity index (χ2v) is 4.99. The quantitative estimate of drug-likeness (QED) is 0.657. The zero-order chi connectivity index (χ0) is 11.2. The minimum Gasteiger partial charge on any atom is -0.360 e. The van der Waals surface area contributed by atoms with Gasteiger partial charge in [-0.25, -0.2) is 9.97 Å². The predicted molar refractivity (Wildman–Crippen MR) is 69.5 cm³/mol. The summed E-state index contributed by atoms with van der Waals surface area (Å²) >= 11 is 1.54. The highest BCUT2D eigenvalue weighted by molar-refractivity contribution is 7.11. The molecule has 0 aromatic carbocycles. The third-order valence-corrected chi connectivity index (χ3v) is 4.06. The van der Waals surface area contributed by atoms with Crippen molar-refractivity contribution in [3.8, 4) is 0 Å². The Hall–Kier alpha value is -1.75. The van der Waals surface area contributed by atoms with Crippen LogP contribution in [0.25, 0.3) is 22.1 Å². The van der Waals surface area contributed by atoms with Gasteiger partial charge in [0.05, 0.1) is 0 Å². The molecule has 0 aliphatic carbocycles. The Kier molecular flexibility index (Phi) is 1.84. The van der Waals surface area contributed by atoms with Gasteiger partial charge in [0.2, 0.25) is 0 Å². The Morgan fingerprint density at radius 3 is 3.06 bits per heavy atom. The van der Waals surface area contributed by atoms with Gasteiger partial charge in [-0.1, -0.05) is 0 Å². The number of aromatic nitrogens is 3. The number of rotatable bonds is 1. The molecular formula is C12H10N4S. The van der Waals surface area contributed by atoms with Gasteiger partial charge in [-0.3, -0.25) is 0 Å². The van der Waals surface area contributed by atoms with E-state index in [1.54, 1.807) is 17.7 Å². The van der Waals surface area contributed by atoms with E-state index in [2.05, 4.69) is 25.3 Å². The number of hydrogen-bond acceptors (Lipinski definition) is 5. The minimum atomic E-state index is 0.807. The number of hydrogen-bond donors (Lipinski definition) is 0. The fraction of sp³-hybridized carbons (Fsp3) is 0.250. The molecule has 0 N–H and O–H groups in total. The van der Waals surface area contributed by atoms with Crippen LogP contribution in [-0.4, -0.2) is 27.4 Å². The first-order valence-electron chi connectivity index (χ1n) is 5.68. The highest BCUT2D eigenvalue weighted by atomic mass is 32.1. The highest BCUT2D eigenvalue weighted by Gasteiger charge is 2.20. The molecule has 1 saturated heterocycles. The van der Waals surface area contributed by atoms with Crippen LogP contribution in [0.4, 0.5) is 5.00 Å². The van der Waals surface area contributed by atoms with Crippen molar-refractivity contribution in [2.45, 2.75) is 6.42 Å². The van der Waals surface area contributed by atoms with Gasteiger partial charge >= 0.3 is 0 Å². The molecule has 5 heteroatoms. The molecule has 84 valence electrons. The average Bonchev–Trinajstić information content (AvgIpc) is 2.67. The Labute approximate surface area is 102 Å². The van der Waals surface area contributed by atoms with Gasteiger partial charge < -0.3 is 4.90 Å². The first-order chi connectivity index (χ1) is 8.42. The molecule has 0 spiro atoms. The molecule has 1 aliphatic heterocycles. The van der Waals surface area contributed by atoms with E-state index in [-0.39, 0.29) is 0 Å². The van der Waals surface area contributed by atoms with Crippen LogP contribution < -0.4 is 4.90 Å². The standard InChI is InChI=1S/C12H10N4S/c1-3-8-7-9-10(14-11(8)13-4-1)12(17-15-9)16-5-2-6-16/h1,3-4,7H,2,5-6H2. The zero-order valence-electron chi connectivity index (χ0n) is 9.13. The lowest BCUT2D eigenvalue weighted by Crippen LogP contribution is -2.36. The number of fused-ring (bicyclic) bond motifs is 2. The topological polar surface area (TPSA) is 41.9 Å². The summed E-state index contributed by atoms with van der Waals surface area (Å²) in [6.07, 6.45) is 3.05. The molecule has 1 fully saturated rings. The number of nitrogens with zero attached hydrogens (tertiary/aromatic N) is 4. The Bertz CT molecular complexity index is 702. The lowest BCUT2D eigenvalue weighted by molar-refractivity contribution is 0.624. The fourth-order valence-electron chi connectivity index (χ4n) is 2.08. The third kappa shape index (κ3) is 1.32. The van der Waals surface area contributed by atoms with Crippen molar-refractivity contribution >= 4 is 38.6 Å². The highest BCUT2D eigenvalue weighted by Crippen LogP contribution is 2.33. The smallest absolute Gasteiger partial charge is 0.160 e. The van der Waals surface area contributed by atoms with Crippen molar-refractivity contribution < 1.29 is 0 Å². The van der Waals surface area contributed by atoms with E-state index in [1.165, 1.54) is 11.4 Å². The lowest BCUT2D eigenvalue weighted by Gasteiger charge is -2.31. The van der Waals surface area contributed by atoms with Crippen molar-refractivity contribution in [2.75, 3.05) is 18.0 Å². The summed E-state index contributed by atoms with van der Waals surface area (Å²) < 4.78 is 4.48.